The summed E-state index contributed by atoms with van der Waals surface area (Å²) in [7, 11) is 0. The van der Waals surface area contributed by atoms with Crippen LogP contribution in [-0.4, -0.2) is 9.13 Å². The summed E-state index contributed by atoms with van der Waals surface area (Å²) in [5.41, 5.74) is 5.55. The molecule has 3 nitrogen and oxygen atoms in total. The minimum Gasteiger partial charge on any atom is -0.308 e. The Bertz CT molecular complexity index is 2670. The summed E-state index contributed by atoms with van der Waals surface area (Å²) in [6.07, 6.45) is 0. The first-order valence-corrected chi connectivity index (χ1v) is 17.2. The van der Waals surface area contributed by atoms with Crippen LogP contribution in [0, 0.1) is 34.6 Å². The summed E-state index contributed by atoms with van der Waals surface area (Å²) in [6.45, 7) is 12.7. The van der Waals surface area contributed by atoms with Gasteiger partial charge >= 0.3 is 0 Å². The van der Waals surface area contributed by atoms with Crippen molar-refractivity contribution < 1.29 is 17.6 Å². The van der Waals surface area contributed by atoms with Crippen LogP contribution in [0.15, 0.2) is 103 Å². The van der Waals surface area contributed by atoms with Gasteiger partial charge in [-0.15, -0.1) is 0 Å². The standard InChI is InChI=1S/C45H35F4N3/c1-44(2,3)26-15-17-30-28-11-7-9-13-35(28)51(39(30)21-26)37-19-25(32-23-34(46)42(48)43(49)41(32)47)20-38(33(37)24-50)52-36-14-10-8-12-29(36)31-18-16-27(22-40(31)52)45(4,5)6/h7-23H,1-6H3. The zero-order chi connectivity index (χ0) is 36.9. The van der Waals surface area contributed by atoms with Crippen molar-refractivity contribution in [3.05, 3.63) is 143 Å². The molecule has 0 aliphatic heterocycles. The molecule has 0 atom stereocenters. The van der Waals surface area contributed by atoms with Crippen molar-refractivity contribution in [3.8, 4) is 28.6 Å². The van der Waals surface area contributed by atoms with E-state index in [4.69, 9.17) is 0 Å². The highest BCUT2D eigenvalue weighted by Gasteiger charge is 2.27. The van der Waals surface area contributed by atoms with Crippen LogP contribution in [0.5, 0.6) is 0 Å². The Morgan fingerprint density at radius 3 is 1.38 bits per heavy atom. The number of hydrogen-bond acceptors (Lipinski definition) is 1. The minimum absolute atomic E-state index is 0.0788. The van der Waals surface area contributed by atoms with E-state index in [1.165, 1.54) is 0 Å². The monoisotopic (exact) mass is 693 g/mol. The van der Waals surface area contributed by atoms with Crippen LogP contribution in [0.3, 0.4) is 0 Å². The van der Waals surface area contributed by atoms with Gasteiger partial charge in [-0.1, -0.05) is 102 Å². The molecule has 2 aromatic heterocycles. The molecule has 0 aliphatic carbocycles. The third-order valence-electron chi connectivity index (χ3n) is 10.2. The van der Waals surface area contributed by atoms with Gasteiger partial charge < -0.3 is 9.13 Å². The van der Waals surface area contributed by atoms with Gasteiger partial charge in [-0.3, -0.25) is 0 Å². The molecule has 0 aliphatic rings. The van der Waals surface area contributed by atoms with Gasteiger partial charge in [0.1, 0.15) is 11.6 Å². The zero-order valence-corrected chi connectivity index (χ0v) is 29.7. The molecule has 0 N–H and O–H groups in total. The average molecular weight is 694 g/mol. The highest BCUT2D eigenvalue weighted by molar-refractivity contribution is 6.11. The zero-order valence-electron chi connectivity index (χ0n) is 29.7. The van der Waals surface area contributed by atoms with E-state index >= 15 is 4.39 Å². The van der Waals surface area contributed by atoms with Crippen molar-refractivity contribution in [2.24, 2.45) is 0 Å². The normalized spacial score (nSPS) is 12.4. The van der Waals surface area contributed by atoms with Gasteiger partial charge in [0, 0.05) is 27.1 Å². The lowest BCUT2D eigenvalue weighted by Gasteiger charge is -2.22. The first kappa shape index (κ1) is 33.3. The molecule has 52 heavy (non-hydrogen) atoms. The molecule has 8 rings (SSSR count). The number of hydrogen-bond donors (Lipinski definition) is 0. The van der Waals surface area contributed by atoms with Crippen molar-refractivity contribution in [3.63, 3.8) is 0 Å². The Hall–Kier alpha value is -5.87. The Morgan fingerprint density at radius 2 is 0.942 bits per heavy atom. The number of fused-ring (bicyclic) bond motifs is 6. The fourth-order valence-corrected chi connectivity index (χ4v) is 7.41. The second kappa shape index (κ2) is 11.6. The summed E-state index contributed by atoms with van der Waals surface area (Å²) in [5, 5.41) is 14.9. The van der Waals surface area contributed by atoms with Crippen LogP contribution < -0.4 is 0 Å². The van der Waals surface area contributed by atoms with Crippen molar-refractivity contribution in [2.45, 2.75) is 52.4 Å². The topological polar surface area (TPSA) is 33.6 Å². The van der Waals surface area contributed by atoms with E-state index in [0.29, 0.717) is 17.4 Å². The van der Waals surface area contributed by atoms with Crippen LogP contribution in [0.2, 0.25) is 0 Å². The van der Waals surface area contributed by atoms with Crippen molar-refractivity contribution >= 4 is 43.6 Å². The molecule has 7 heteroatoms. The van der Waals surface area contributed by atoms with Gasteiger partial charge in [-0.05, 0) is 70.0 Å². The van der Waals surface area contributed by atoms with Crippen molar-refractivity contribution in [2.75, 3.05) is 0 Å². The Morgan fingerprint density at radius 1 is 0.500 bits per heavy atom. The number of aromatic nitrogens is 2. The molecule has 0 radical (unpaired) electrons. The van der Waals surface area contributed by atoms with Crippen LogP contribution in [-0.2, 0) is 10.8 Å². The SMILES string of the molecule is CC(C)(C)c1ccc2c3ccccc3n(-c3cc(-c4cc(F)c(F)c(F)c4F)cc(-n4c5ccccc5c5ccc(C(C)(C)C)cc54)c3C#N)c2c1. The predicted octanol–water partition coefficient (Wildman–Crippen LogP) is 12.6. The molecule has 0 unspecified atom stereocenters. The number of rotatable bonds is 3. The van der Waals surface area contributed by atoms with Gasteiger partial charge in [0.2, 0.25) is 0 Å². The molecule has 0 saturated heterocycles. The van der Waals surface area contributed by atoms with Gasteiger partial charge in [-0.25, -0.2) is 17.6 Å². The maximum absolute atomic E-state index is 15.8. The number of nitrogens with zero attached hydrogens (tertiary/aromatic N) is 3. The third kappa shape index (κ3) is 5.00. The van der Waals surface area contributed by atoms with Crippen LogP contribution in [0.4, 0.5) is 17.6 Å². The van der Waals surface area contributed by atoms with E-state index in [1.54, 1.807) is 12.1 Å². The summed E-state index contributed by atoms with van der Waals surface area (Å²) >= 11 is 0. The minimum atomic E-state index is -1.90. The van der Waals surface area contributed by atoms with Gasteiger partial charge in [0.25, 0.3) is 0 Å². The first-order chi connectivity index (χ1) is 24.7. The molecule has 2 heterocycles. The quantitative estimate of drug-likeness (QED) is 0.103. The highest BCUT2D eigenvalue weighted by atomic mass is 19.2. The Labute approximate surface area is 299 Å². The predicted molar refractivity (Wildman–Crippen MR) is 203 cm³/mol. The molecule has 6 aromatic carbocycles. The van der Waals surface area contributed by atoms with Gasteiger partial charge in [0.05, 0.1) is 33.4 Å². The molecule has 258 valence electrons. The van der Waals surface area contributed by atoms with Crippen LogP contribution in [0.25, 0.3) is 66.1 Å². The van der Waals surface area contributed by atoms with E-state index in [9.17, 15) is 18.4 Å². The van der Waals surface area contributed by atoms with E-state index < -0.39 is 28.8 Å². The fourth-order valence-electron chi connectivity index (χ4n) is 7.41. The van der Waals surface area contributed by atoms with Gasteiger partial charge in [-0.2, -0.15) is 5.26 Å². The molecular weight excluding hydrogens is 659 g/mol. The first-order valence-electron chi connectivity index (χ1n) is 17.2. The number of para-hydroxylation sites is 2. The molecule has 8 aromatic rings. The average Bonchev–Trinajstić information content (AvgIpc) is 3.63. The van der Waals surface area contributed by atoms with E-state index in [1.807, 2.05) is 57.7 Å². The highest BCUT2D eigenvalue weighted by Crippen LogP contribution is 2.42. The number of benzene rings is 6. The molecule has 0 fully saturated rings. The van der Waals surface area contributed by atoms with Crippen LogP contribution >= 0.6 is 0 Å². The second-order valence-corrected chi connectivity index (χ2v) is 15.5. The van der Waals surface area contributed by atoms with E-state index in [-0.39, 0.29) is 22.0 Å². The molecular formula is C45H35F4N3. The molecule has 0 amide bonds. The van der Waals surface area contributed by atoms with E-state index in [0.717, 1.165) is 54.7 Å². The summed E-state index contributed by atoms with van der Waals surface area (Å²) < 4.78 is 63.9. The van der Waals surface area contributed by atoms with Crippen molar-refractivity contribution in [1.29, 1.82) is 5.26 Å². The largest absolute Gasteiger partial charge is 0.308 e. The summed E-state index contributed by atoms with van der Waals surface area (Å²) in [4.78, 5) is 0. The maximum Gasteiger partial charge on any atom is 0.198 e. The number of nitriles is 1. The lowest BCUT2D eigenvalue weighted by atomic mass is 9.86. The smallest absolute Gasteiger partial charge is 0.198 e. The maximum atomic E-state index is 15.8. The van der Waals surface area contributed by atoms with Crippen molar-refractivity contribution in [1.82, 2.24) is 9.13 Å². The molecule has 0 saturated carbocycles. The fraction of sp³-hybridized carbons (Fsp3) is 0.178. The molecule has 0 spiro atoms. The molecule has 0 bridgehead atoms. The Kier molecular flexibility index (Phi) is 7.41. The summed E-state index contributed by atoms with van der Waals surface area (Å²) in [5.74, 6) is -6.82. The van der Waals surface area contributed by atoms with Gasteiger partial charge in [0.15, 0.2) is 23.3 Å². The lowest BCUT2D eigenvalue weighted by Crippen LogP contribution is -2.11. The third-order valence-corrected chi connectivity index (χ3v) is 10.2. The number of halogens is 4. The second-order valence-electron chi connectivity index (χ2n) is 15.5. The van der Waals surface area contributed by atoms with Crippen LogP contribution in [0.1, 0.15) is 58.2 Å². The lowest BCUT2D eigenvalue weighted by molar-refractivity contribution is 0.411. The summed E-state index contributed by atoms with van der Waals surface area (Å²) in [6, 6.07) is 34.4. The Balaban J connectivity index is 1.59. The van der Waals surface area contributed by atoms with E-state index in [2.05, 4.69) is 84.0 Å².